The van der Waals surface area contributed by atoms with Gasteiger partial charge in [0.25, 0.3) is 5.91 Å². The molecule has 0 saturated heterocycles. The third-order valence-corrected chi connectivity index (χ3v) is 2.07. The van der Waals surface area contributed by atoms with Gasteiger partial charge in [-0.1, -0.05) is 11.6 Å². The SMILES string of the molecule is CC(N)CNC(=O)c1ccc(Cl)c(F)c1. The number of halogens is 2. The van der Waals surface area contributed by atoms with E-state index in [9.17, 15) is 9.18 Å². The van der Waals surface area contributed by atoms with Gasteiger partial charge in [0.2, 0.25) is 0 Å². The minimum atomic E-state index is -0.606. The molecule has 82 valence electrons. The highest BCUT2D eigenvalue weighted by atomic mass is 35.5. The first-order valence-electron chi connectivity index (χ1n) is 4.49. The molecule has 1 unspecified atom stereocenters. The summed E-state index contributed by atoms with van der Waals surface area (Å²) in [6.45, 7) is 2.12. The second-order valence-electron chi connectivity index (χ2n) is 3.32. The van der Waals surface area contributed by atoms with Crippen molar-refractivity contribution in [2.24, 2.45) is 5.73 Å². The summed E-state index contributed by atoms with van der Waals surface area (Å²) in [5, 5.41) is 2.57. The lowest BCUT2D eigenvalue weighted by molar-refractivity contribution is 0.0951. The highest BCUT2D eigenvalue weighted by Gasteiger charge is 2.08. The molecule has 0 saturated carbocycles. The zero-order chi connectivity index (χ0) is 11.4. The second-order valence-corrected chi connectivity index (χ2v) is 3.72. The van der Waals surface area contributed by atoms with Crippen LogP contribution in [0.5, 0.6) is 0 Å². The van der Waals surface area contributed by atoms with Crippen LogP contribution in [0.3, 0.4) is 0 Å². The predicted octanol–water partition coefficient (Wildman–Crippen LogP) is 1.56. The highest BCUT2D eigenvalue weighted by molar-refractivity contribution is 6.30. The van der Waals surface area contributed by atoms with Gasteiger partial charge in [-0.15, -0.1) is 0 Å². The highest BCUT2D eigenvalue weighted by Crippen LogP contribution is 2.15. The maximum atomic E-state index is 13.0. The van der Waals surface area contributed by atoms with Crippen LogP contribution in [0.2, 0.25) is 5.02 Å². The zero-order valence-electron chi connectivity index (χ0n) is 8.26. The van der Waals surface area contributed by atoms with Gasteiger partial charge in [0.15, 0.2) is 0 Å². The van der Waals surface area contributed by atoms with E-state index in [1.165, 1.54) is 12.1 Å². The van der Waals surface area contributed by atoms with E-state index in [0.29, 0.717) is 6.54 Å². The molecular formula is C10H12ClFN2O. The van der Waals surface area contributed by atoms with Crippen molar-refractivity contribution in [2.75, 3.05) is 6.54 Å². The fourth-order valence-corrected chi connectivity index (χ4v) is 1.11. The number of carbonyl (C=O) groups is 1. The van der Waals surface area contributed by atoms with Crippen LogP contribution < -0.4 is 11.1 Å². The molecule has 1 atom stereocenters. The van der Waals surface area contributed by atoms with Gasteiger partial charge in [-0.05, 0) is 25.1 Å². The Hall–Kier alpha value is -1.13. The molecule has 1 aromatic rings. The number of hydrogen-bond acceptors (Lipinski definition) is 2. The van der Waals surface area contributed by atoms with Crippen molar-refractivity contribution in [1.82, 2.24) is 5.32 Å². The van der Waals surface area contributed by atoms with Gasteiger partial charge in [-0.2, -0.15) is 0 Å². The largest absolute Gasteiger partial charge is 0.350 e. The third-order valence-electron chi connectivity index (χ3n) is 1.77. The van der Waals surface area contributed by atoms with Crippen LogP contribution in [0.4, 0.5) is 4.39 Å². The fourth-order valence-electron chi connectivity index (χ4n) is 0.993. The minimum absolute atomic E-state index is 0.00116. The first kappa shape index (κ1) is 11.9. The van der Waals surface area contributed by atoms with Crippen LogP contribution in [0.25, 0.3) is 0 Å². The Bertz CT molecular complexity index is 368. The van der Waals surface area contributed by atoms with Crippen molar-refractivity contribution in [3.8, 4) is 0 Å². The van der Waals surface area contributed by atoms with E-state index in [1.54, 1.807) is 6.92 Å². The number of carbonyl (C=O) groups excluding carboxylic acids is 1. The van der Waals surface area contributed by atoms with Gasteiger partial charge in [-0.25, -0.2) is 4.39 Å². The predicted molar refractivity (Wildman–Crippen MR) is 57.4 cm³/mol. The number of rotatable bonds is 3. The molecule has 1 rings (SSSR count). The average Bonchev–Trinajstić information content (AvgIpc) is 2.18. The summed E-state index contributed by atoms with van der Waals surface area (Å²) in [6.07, 6.45) is 0. The Kier molecular flexibility index (Phi) is 4.05. The van der Waals surface area contributed by atoms with Gasteiger partial charge in [0, 0.05) is 18.2 Å². The molecule has 0 aliphatic carbocycles. The van der Waals surface area contributed by atoms with E-state index in [2.05, 4.69) is 5.32 Å². The molecule has 0 bridgehead atoms. The van der Waals surface area contributed by atoms with Crippen molar-refractivity contribution >= 4 is 17.5 Å². The van der Waals surface area contributed by atoms with Crippen molar-refractivity contribution in [3.05, 3.63) is 34.6 Å². The zero-order valence-corrected chi connectivity index (χ0v) is 9.01. The van der Waals surface area contributed by atoms with E-state index in [-0.39, 0.29) is 22.5 Å². The minimum Gasteiger partial charge on any atom is -0.350 e. The quantitative estimate of drug-likeness (QED) is 0.828. The summed E-state index contributed by atoms with van der Waals surface area (Å²) >= 11 is 5.49. The fraction of sp³-hybridized carbons (Fsp3) is 0.300. The van der Waals surface area contributed by atoms with Gasteiger partial charge in [0.1, 0.15) is 5.82 Å². The van der Waals surface area contributed by atoms with E-state index >= 15 is 0 Å². The smallest absolute Gasteiger partial charge is 0.251 e. The standard InChI is InChI=1S/C10H12ClFN2O/c1-6(13)5-14-10(15)7-2-3-8(11)9(12)4-7/h2-4,6H,5,13H2,1H3,(H,14,15). The number of nitrogens with two attached hydrogens (primary N) is 1. The van der Waals surface area contributed by atoms with Crippen LogP contribution in [-0.2, 0) is 0 Å². The van der Waals surface area contributed by atoms with Crippen LogP contribution in [0.1, 0.15) is 17.3 Å². The van der Waals surface area contributed by atoms with Gasteiger partial charge < -0.3 is 11.1 Å². The number of nitrogens with one attached hydrogen (secondary N) is 1. The third kappa shape index (κ3) is 3.49. The summed E-state index contributed by atoms with van der Waals surface area (Å²) < 4.78 is 13.0. The molecule has 15 heavy (non-hydrogen) atoms. The van der Waals surface area contributed by atoms with Crippen molar-refractivity contribution in [3.63, 3.8) is 0 Å². The Labute approximate surface area is 92.4 Å². The molecule has 1 amide bonds. The normalized spacial score (nSPS) is 12.3. The van der Waals surface area contributed by atoms with Crippen LogP contribution in [0.15, 0.2) is 18.2 Å². The van der Waals surface area contributed by atoms with Crippen LogP contribution >= 0.6 is 11.6 Å². The lowest BCUT2D eigenvalue weighted by Gasteiger charge is -2.07. The first-order valence-corrected chi connectivity index (χ1v) is 4.87. The van der Waals surface area contributed by atoms with Crippen LogP contribution in [0, 0.1) is 5.82 Å². The topological polar surface area (TPSA) is 55.1 Å². The number of hydrogen-bond donors (Lipinski definition) is 2. The molecular weight excluding hydrogens is 219 g/mol. The van der Waals surface area contributed by atoms with Crippen molar-refractivity contribution in [1.29, 1.82) is 0 Å². The van der Waals surface area contributed by atoms with E-state index in [0.717, 1.165) is 6.07 Å². The lowest BCUT2D eigenvalue weighted by atomic mass is 10.2. The summed E-state index contributed by atoms with van der Waals surface area (Å²) in [5.74, 6) is -0.965. The van der Waals surface area contributed by atoms with E-state index in [1.807, 2.05) is 0 Å². The van der Waals surface area contributed by atoms with E-state index in [4.69, 9.17) is 17.3 Å². The molecule has 1 aromatic carbocycles. The molecule has 0 aliphatic rings. The molecule has 0 fully saturated rings. The summed E-state index contributed by atoms with van der Waals surface area (Å²) in [4.78, 5) is 11.4. The Balaban J connectivity index is 2.70. The van der Waals surface area contributed by atoms with Gasteiger partial charge in [-0.3, -0.25) is 4.79 Å². The average molecular weight is 231 g/mol. The Morgan fingerprint density at radius 2 is 2.33 bits per heavy atom. The molecule has 0 aliphatic heterocycles. The molecule has 5 heteroatoms. The maximum Gasteiger partial charge on any atom is 0.251 e. The maximum absolute atomic E-state index is 13.0. The molecule has 0 heterocycles. The molecule has 3 N–H and O–H groups in total. The first-order chi connectivity index (χ1) is 7.00. The second kappa shape index (κ2) is 5.09. The van der Waals surface area contributed by atoms with E-state index < -0.39 is 5.82 Å². The summed E-state index contributed by atoms with van der Waals surface area (Å²) in [5.41, 5.74) is 5.70. The summed E-state index contributed by atoms with van der Waals surface area (Å²) in [7, 11) is 0. The molecule has 3 nitrogen and oxygen atoms in total. The number of amides is 1. The summed E-state index contributed by atoms with van der Waals surface area (Å²) in [6, 6.07) is 3.77. The molecule has 0 spiro atoms. The Morgan fingerprint density at radius 3 is 2.87 bits per heavy atom. The van der Waals surface area contributed by atoms with Crippen molar-refractivity contribution < 1.29 is 9.18 Å². The van der Waals surface area contributed by atoms with Crippen LogP contribution in [-0.4, -0.2) is 18.5 Å². The van der Waals surface area contributed by atoms with Gasteiger partial charge in [0.05, 0.1) is 5.02 Å². The van der Waals surface area contributed by atoms with Crippen molar-refractivity contribution in [2.45, 2.75) is 13.0 Å². The van der Waals surface area contributed by atoms with Gasteiger partial charge >= 0.3 is 0 Å². The lowest BCUT2D eigenvalue weighted by Crippen LogP contribution is -2.35. The monoisotopic (exact) mass is 230 g/mol. The Morgan fingerprint density at radius 1 is 1.67 bits per heavy atom. The molecule has 0 radical (unpaired) electrons. The molecule has 0 aromatic heterocycles. The number of benzene rings is 1.